The van der Waals surface area contributed by atoms with Crippen LogP contribution in [0.5, 0.6) is 0 Å². The molecule has 0 aliphatic heterocycles. The van der Waals surface area contributed by atoms with Gasteiger partial charge in [0.25, 0.3) is 0 Å². The number of rotatable bonds is 3. The van der Waals surface area contributed by atoms with Crippen molar-refractivity contribution in [3.05, 3.63) is 23.8 Å². The van der Waals surface area contributed by atoms with Gasteiger partial charge < -0.3 is 0 Å². The van der Waals surface area contributed by atoms with Crippen LogP contribution in [0.15, 0.2) is 12.3 Å². The summed E-state index contributed by atoms with van der Waals surface area (Å²) >= 11 is 5.77. The standard InChI is InChI=1S/C12H17ClN2/c1-2-9-3-4-10(7-9)12-14-6-5-11(8-13)15-12/h5-6,9-10H,2-4,7-8H2,1H3. The Morgan fingerprint density at radius 1 is 1.47 bits per heavy atom. The van der Waals surface area contributed by atoms with Crippen LogP contribution in [-0.4, -0.2) is 9.97 Å². The summed E-state index contributed by atoms with van der Waals surface area (Å²) < 4.78 is 0. The van der Waals surface area contributed by atoms with Gasteiger partial charge in [0, 0.05) is 12.1 Å². The van der Waals surface area contributed by atoms with E-state index in [-0.39, 0.29) is 0 Å². The van der Waals surface area contributed by atoms with Crippen molar-refractivity contribution in [3.63, 3.8) is 0 Å². The molecule has 2 atom stereocenters. The van der Waals surface area contributed by atoms with Crippen LogP contribution in [0.2, 0.25) is 0 Å². The fraction of sp³-hybridized carbons (Fsp3) is 0.667. The van der Waals surface area contributed by atoms with Gasteiger partial charge in [-0.1, -0.05) is 13.3 Å². The fourth-order valence-electron chi connectivity index (χ4n) is 2.36. The minimum Gasteiger partial charge on any atom is -0.241 e. The first-order valence-corrected chi connectivity index (χ1v) is 6.24. The van der Waals surface area contributed by atoms with E-state index in [2.05, 4.69) is 16.9 Å². The van der Waals surface area contributed by atoms with Gasteiger partial charge in [-0.15, -0.1) is 11.6 Å². The lowest BCUT2D eigenvalue weighted by molar-refractivity contribution is 0.516. The third-order valence-corrected chi connectivity index (χ3v) is 3.63. The second-order valence-electron chi connectivity index (χ2n) is 4.32. The predicted octanol–water partition coefficient (Wildman–Crippen LogP) is 3.51. The van der Waals surface area contributed by atoms with Crippen molar-refractivity contribution in [2.75, 3.05) is 0 Å². The Kier molecular flexibility index (Phi) is 3.57. The predicted molar refractivity (Wildman–Crippen MR) is 62.0 cm³/mol. The van der Waals surface area contributed by atoms with Crippen molar-refractivity contribution in [1.29, 1.82) is 0 Å². The van der Waals surface area contributed by atoms with Crippen LogP contribution in [0.25, 0.3) is 0 Å². The molecule has 1 fully saturated rings. The van der Waals surface area contributed by atoms with Gasteiger partial charge in [-0.3, -0.25) is 0 Å². The van der Waals surface area contributed by atoms with E-state index in [4.69, 9.17) is 11.6 Å². The molecule has 1 aliphatic rings. The number of hydrogen-bond donors (Lipinski definition) is 0. The molecule has 0 saturated heterocycles. The summed E-state index contributed by atoms with van der Waals surface area (Å²) in [6, 6.07) is 1.89. The molecule has 0 radical (unpaired) electrons. The number of aromatic nitrogens is 2. The van der Waals surface area contributed by atoms with Crippen molar-refractivity contribution in [2.24, 2.45) is 5.92 Å². The lowest BCUT2D eigenvalue weighted by Gasteiger charge is -2.09. The summed E-state index contributed by atoms with van der Waals surface area (Å²) in [4.78, 5) is 8.87. The van der Waals surface area contributed by atoms with E-state index in [1.807, 2.05) is 12.3 Å². The average Bonchev–Trinajstić information content (AvgIpc) is 2.78. The molecule has 1 aliphatic carbocycles. The summed E-state index contributed by atoms with van der Waals surface area (Å²) in [5.74, 6) is 2.93. The number of halogens is 1. The van der Waals surface area contributed by atoms with Crippen molar-refractivity contribution in [1.82, 2.24) is 9.97 Å². The molecule has 1 aromatic heterocycles. The Morgan fingerprint density at radius 3 is 3.00 bits per heavy atom. The van der Waals surface area contributed by atoms with Crippen LogP contribution < -0.4 is 0 Å². The van der Waals surface area contributed by atoms with Crippen LogP contribution in [0.1, 0.15) is 50.0 Å². The number of hydrogen-bond acceptors (Lipinski definition) is 2. The lowest BCUT2D eigenvalue weighted by atomic mass is 10.0. The second-order valence-corrected chi connectivity index (χ2v) is 4.59. The maximum atomic E-state index is 5.77. The van der Waals surface area contributed by atoms with E-state index in [1.165, 1.54) is 25.7 Å². The van der Waals surface area contributed by atoms with E-state index in [0.29, 0.717) is 11.8 Å². The van der Waals surface area contributed by atoms with E-state index >= 15 is 0 Å². The normalized spacial score (nSPS) is 25.7. The first-order valence-electron chi connectivity index (χ1n) is 5.71. The monoisotopic (exact) mass is 224 g/mol. The topological polar surface area (TPSA) is 25.8 Å². The van der Waals surface area contributed by atoms with Crippen molar-refractivity contribution in [2.45, 2.75) is 44.4 Å². The molecule has 82 valence electrons. The third kappa shape index (κ3) is 2.49. The maximum Gasteiger partial charge on any atom is 0.131 e. The van der Waals surface area contributed by atoms with Crippen molar-refractivity contribution < 1.29 is 0 Å². The van der Waals surface area contributed by atoms with Crippen LogP contribution in [0.4, 0.5) is 0 Å². The van der Waals surface area contributed by atoms with Crippen LogP contribution >= 0.6 is 11.6 Å². The maximum absolute atomic E-state index is 5.77. The van der Waals surface area contributed by atoms with Gasteiger partial charge in [-0.05, 0) is 31.2 Å². The molecule has 3 heteroatoms. The molecule has 2 nitrogen and oxygen atoms in total. The lowest BCUT2D eigenvalue weighted by Crippen LogP contribution is -2.03. The van der Waals surface area contributed by atoms with Gasteiger partial charge in [-0.2, -0.15) is 0 Å². The van der Waals surface area contributed by atoms with Crippen LogP contribution in [0.3, 0.4) is 0 Å². The minimum atomic E-state index is 0.486. The van der Waals surface area contributed by atoms with Gasteiger partial charge in [-0.25, -0.2) is 9.97 Å². The SMILES string of the molecule is CCC1CCC(c2nccc(CCl)n2)C1. The Morgan fingerprint density at radius 2 is 2.33 bits per heavy atom. The highest BCUT2D eigenvalue weighted by Crippen LogP contribution is 2.38. The molecule has 1 heterocycles. The Balaban J connectivity index is 2.09. The Bertz CT molecular complexity index is 327. The molecular formula is C12H17ClN2. The first kappa shape index (κ1) is 10.9. The molecule has 0 aromatic carbocycles. The number of nitrogens with zero attached hydrogens (tertiary/aromatic N) is 2. The molecule has 0 N–H and O–H groups in total. The van der Waals surface area contributed by atoms with Gasteiger partial charge in [0.2, 0.25) is 0 Å². The highest BCUT2D eigenvalue weighted by atomic mass is 35.5. The smallest absolute Gasteiger partial charge is 0.131 e. The average molecular weight is 225 g/mol. The zero-order valence-electron chi connectivity index (χ0n) is 9.12. The zero-order chi connectivity index (χ0) is 10.7. The quantitative estimate of drug-likeness (QED) is 0.735. The number of alkyl halides is 1. The molecule has 1 saturated carbocycles. The first-order chi connectivity index (χ1) is 7.33. The molecule has 15 heavy (non-hydrogen) atoms. The molecule has 2 rings (SSSR count). The molecular weight excluding hydrogens is 208 g/mol. The van der Waals surface area contributed by atoms with Gasteiger partial charge in [0.05, 0.1) is 11.6 Å². The van der Waals surface area contributed by atoms with E-state index in [1.54, 1.807) is 0 Å². The zero-order valence-corrected chi connectivity index (χ0v) is 9.87. The van der Waals surface area contributed by atoms with Crippen LogP contribution in [0, 0.1) is 5.92 Å². The van der Waals surface area contributed by atoms with Crippen molar-refractivity contribution >= 4 is 11.6 Å². The molecule has 1 aromatic rings. The van der Waals surface area contributed by atoms with E-state index in [0.717, 1.165) is 17.4 Å². The summed E-state index contributed by atoms with van der Waals surface area (Å²) in [6.45, 7) is 2.27. The molecule has 0 bridgehead atoms. The summed E-state index contributed by atoms with van der Waals surface area (Å²) in [5, 5.41) is 0. The highest BCUT2D eigenvalue weighted by Gasteiger charge is 2.26. The summed E-state index contributed by atoms with van der Waals surface area (Å²) in [6.07, 6.45) is 6.94. The Labute approximate surface area is 96.1 Å². The second kappa shape index (κ2) is 4.93. The van der Waals surface area contributed by atoms with Crippen molar-refractivity contribution in [3.8, 4) is 0 Å². The molecule has 0 amide bonds. The summed E-state index contributed by atoms with van der Waals surface area (Å²) in [5.41, 5.74) is 0.946. The third-order valence-electron chi connectivity index (χ3n) is 3.35. The van der Waals surface area contributed by atoms with Gasteiger partial charge >= 0.3 is 0 Å². The van der Waals surface area contributed by atoms with E-state index in [9.17, 15) is 0 Å². The van der Waals surface area contributed by atoms with E-state index < -0.39 is 0 Å². The fourth-order valence-corrected chi connectivity index (χ4v) is 2.51. The minimum absolute atomic E-state index is 0.486. The van der Waals surface area contributed by atoms with Gasteiger partial charge in [0.15, 0.2) is 0 Å². The van der Waals surface area contributed by atoms with Gasteiger partial charge in [0.1, 0.15) is 5.82 Å². The summed E-state index contributed by atoms with van der Waals surface area (Å²) in [7, 11) is 0. The van der Waals surface area contributed by atoms with Crippen LogP contribution in [-0.2, 0) is 5.88 Å². The largest absolute Gasteiger partial charge is 0.241 e. The Hall–Kier alpha value is -0.630. The molecule has 0 spiro atoms. The molecule has 2 unspecified atom stereocenters. The highest BCUT2D eigenvalue weighted by molar-refractivity contribution is 6.16.